The maximum absolute atomic E-state index is 5.22. The van der Waals surface area contributed by atoms with Crippen LogP contribution in [-0.4, -0.2) is 19.1 Å². The van der Waals surface area contributed by atoms with Gasteiger partial charge in [-0.25, -0.2) is 4.98 Å². The third kappa shape index (κ3) is 5.49. The van der Waals surface area contributed by atoms with Gasteiger partial charge in [-0.3, -0.25) is 4.98 Å². The zero-order valence-electron chi connectivity index (χ0n) is 29.4. The lowest BCUT2D eigenvalue weighted by Crippen LogP contribution is -2.10. The van der Waals surface area contributed by atoms with Gasteiger partial charge in [0.1, 0.15) is 0 Å². The molecule has 1 N–H and O–H groups in total. The van der Waals surface area contributed by atoms with Gasteiger partial charge >= 0.3 is 0 Å². The van der Waals surface area contributed by atoms with E-state index in [2.05, 4.69) is 166 Å². The van der Waals surface area contributed by atoms with Gasteiger partial charge < -0.3 is 14.5 Å². The molecule has 0 amide bonds. The molecule has 0 bridgehead atoms. The van der Waals surface area contributed by atoms with Crippen LogP contribution in [0.25, 0.3) is 71.7 Å². The van der Waals surface area contributed by atoms with Gasteiger partial charge in [-0.15, -0.1) is 0 Å². The number of para-hydroxylation sites is 3. The number of aryl methyl sites for hydroxylation is 1. The van der Waals surface area contributed by atoms with E-state index in [1.165, 1.54) is 49.2 Å². The average Bonchev–Trinajstić information content (AvgIpc) is 3.69. The third-order valence-electron chi connectivity index (χ3n) is 10.8. The van der Waals surface area contributed by atoms with Crippen molar-refractivity contribution >= 4 is 60.6 Å². The lowest BCUT2D eigenvalue weighted by atomic mass is 9.92. The van der Waals surface area contributed by atoms with E-state index in [0.29, 0.717) is 5.92 Å². The van der Waals surface area contributed by atoms with E-state index in [0.717, 1.165) is 52.4 Å². The predicted molar refractivity (Wildman–Crippen MR) is 221 cm³/mol. The summed E-state index contributed by atoms with van der Waals surface area (Å²) in [6, 6.07) is 49.7. The van der Waals surface area contributed by atoms with Crippen molar-refractivity contribution in [2.24, 2.45) is 13.0 Å². The Hall–Kier alpha value is -6.72. The van der Waals surface area contributed by atoms with Gasteiger partial charge in [0.25, 0.3) is 0 Å². The maximum Gasteiger partial charge on any atom is 0.0709 e. The Kier molecular flexibility index (Phi) is 7.50. The fourth-order valence-electron chi connectivity index (χ4n) is 8.15. The molecule has 4 aromatic heterocycles. The van der Waals surface area contributed by atoms with Gasteiger partial charge in [-0.05, 0) is 84.6 Å². The van der Waals surface area contributed by atoms with Crippen molar-refractivity contribution in [2.45, 2.75) is 13.0 Å². The van der Waals surface area contributed by atoms with Crippen LogP contribution in [0.15, 0.2) is 170 Å². The summed E-state index contributed by atoms with van der Waals surface area (Å²) >= 11 is 0. The highest BCUT2D eigenvalue weighted by Gasteiger charge is 2.18. The SMILES string of the molecule is Cn1c2ccccc2c2cc(-c3cccc(-c4ccc5c(c4)c4ccccc4n5CC4C=CC(c5ccncc5Nc5ccccc5)=CC4)n3)ccc21. The van der Waals surface area contributed by atoms with Gasteiger partial charge in [0, 0.05) is 85.8 Å². The summed E-state index contributed by atoms with van der Waals surface area (Å²) < 4.78 is 4.77. The van der Waals surface area contributed by atoms with Crippen LogP contribution in [0.1, 0.15) is 12.0 Å². The molecule has 0 aliphatic heterocycles. The van der Waals surface area contributed by atoms with Gasteiger partial charge in [-0.2, -0.15) is 0 Å². The topological polar surface area (TPSA) is 47.7 Å². The smallest absolute Gasteiger partial charge is 0.0709 e. The van der Waals surface area contributed by atoms with Crippen LogP contribution in [0.5, 0.6) is 0 Å². The Bertz CT molecular complexity index is 2890. The predicted octanol–water partition coefficient (Wildman–Crippen LogP) is 12.0. The largest absolute Gasteiger partial charge is 0.354 e. The molecule has 1 atom stereocenters. The van der Waals surface area contributed by atoms with E-state index in [1.807, 2.05) is 30.6 Å². The molecule has 5 nitrogen and oxygen atoms in total. The molecule has 0 spiro atoms. The van der Waals surface area contributed by atoms with Crippen molar-refractivity contribution in [2.75, 3.05) is 5.32 Å². The second-order valence-corrected chi connectivity index (χ2v) is 14.0. The molecule has 0 saturated heterocycles. The first-order chi connectivity index (χ1) is 26.2. The molecule has 0 fully saturated rings. The fraction of sp³-hybridized carbons (Fsp3) is 0.0833. The zero-order valence-corrected chi connectivity index (χ0v) is 29.4. The number of aromatic nitrogens is 4. The average molecular weight is 684 g/mol. The summed E-state index contributed by atoms with van der Waals surface area (Å²) in [5, 5.41) is 8.60. The van der Waals surface area contributed by atoms with Gasteiger partial charge in [0.05, 0.1) is 23.3 Å². The van der Waals surface area contributed by atoms with Crippen LogP contribution >= 0.6 is 0 Å². The lowest BCUT2D eigenvalue weighted by molar-refractivity contribution is 0.555. The maximum atomic E-state index is 5.22. The van der Waals surface area contributed by atoms with E-state index in [-0.39, 0.29) is 0 Å². The number of allylic oxidation sites excluding steroid dienone is 4. The van der Waals surface area contributed by atoms with E-state index in [1.54, 1.807) is 0 Å². The number of benzene rings is 5. The molecule has 53 heavy (non-hydrogen) atoms. The zero-order chi connectivity index (χ0) is 35.3. The summed E-state index contributed by atoms with van der Waals surface area (Å²) in [4.78, 5) is 9.62. The van der Waals surface area contributed by atoms with Crippen molar-refractivity contribution in [3.8, 4) is 22.5 Å². The minimum absolute atomic E-state index is 0.377. The lowest BCUT2D eigenvalue weighted by Gasteiger charge is -2.20. The quantitative estimate of drug-likeness (QED) is 0.182. The summed E-state index contributed by atoms with van der Waals surface area (Å²) in [6.07, 6.45) is 11.8. The van der Waals surface area contributed by atoms with Crippen molar-refractivity contribution in [3.63, 3.8) is 0 Å². The van der Waals surface area contributed by atoms with Gasteiger partial charge in [-0.1, -0.05) is 91.0 Å². The van der Waals surface area contributed by atoms with Crippen LogP contribution in [0, 0.1) is 5.92 Å². The second-order valence-electron chi connectivity index (χ2n) is 14.0. The molecule has 4 heterocycles. The van der Waals surface area contributed by atoms with Crippen LogP contribution < -0.4 is 5.32 Å². The van der Waals surface area contributed by atoms with Crippen LogP contribution in [0.3, 0.4) is 0 Å². The van der Waals surface area contributed by atoms with Crippen molar-refractivity contribution in [1.82, 2.24) is 19.1 Å². The molecule has 254 valence electrons. The Labute approximate surface area is 308 Å². The molecule has 0 radical (unpaired) electrons. The van der Waals surface area contributed by atoms with Gasteiger partial charge in [0.15, 0.2) is 0 Å². The first kappa shape index (κ1) is 31.1. The van der Waals surface area contributed by atoms with Crippen LogP contribution in [-0.2, 0) is 13.6 Å². The van der Waals surface area contributed by atoms with Crippen molar-refractivity contribution < 1.29 is 0 Å². The molecule has 0 saturated carbocycles. The Morgan fingerprint density at radius 3 is 2.04 bits per heavy atom. The Balaban J connectivity index is 0.948. The molecule has 1 unspecified atom stereocenters. The first-order valence-electron chi connectivity index (χ1n) is 18.3. The fourth-order valence-corrected chi connectivity index (χ4v) is 8.15. The molecule has 1 aliphatic carbocycles. The number of anilines is 2. The monoisotopic (exact) mass is 683 g/mol. The molecule has 5 heteroatoms. The number of nitrogens with zero attached hydrogens (tertiary/aromatic N) is 4. The van der Waals surface area contributed by atoms with E-state index < -0.39 is 0 Å². The Morgan fingerprint density at radius 1 is 0.642 bits per heavy atom. The number of hydrogen-bond donors (Lipinski definition) is 1. The van der Waals surface area contributed by atoms with Crippen molar-refractivity contribution in [1.29, 1.82) is 0 Å². The molecule has 10 rings (SSSR count). The summed E-state index contributed by atoms with van der Waals surface area (Å²) in [5.41, 5.74) is 13.6. The van der Waals surface area contributed by atoms with Crippen LogP contribution in [0.4, 0.5) is 11.4 Å². The molecule has 5 aromatic carbocycles. The number of nitrogens with one attached hydrogen (secondary N) is 1. The summed E-state index contributed by atoms with van der Waals surface area (Å²) in [5.74, 6) is 0.377. The summed E-state index contributed by atoms with van der Waals surface area (Å²) in [6.45, 7) is 0.902. The molecular formula is C48H37N5. The highest BCUT2D eigenvalue weighted by atomic mass is 15.0. The highest BCUT2D eigenvalue weighted by Crippen LogP contribution is 2.37. The van der Waals surface area contributed by atoms with Crippen molar-refractivity contribution in [3.05, 3.63) is 176 Å². The number of fused-ring (bicyclic) bond motifs is 6. The minimum atomic E-state index is 0.377. The van der Waals surface area contributed by atoms with E-state index >= 15 is 0 Å². The number of hydrogen-bond acceptors (Lipinski definition) is 3. The van der Waals surface area contributed by atoms with Gasteiger partial charge in [0.2, 0.25) is 0 Å². The first-order valence-corrected chi connectivity index (χ1v) is 18.3. The summed E-state index contributed by atoms with van der Waals surface area (Å²) in [7, 11) is 2.14. The standard InChI is InChI=1S/C48H37N5/c1-52-45-16-7-5-12-38(45)40-28-34(22-24-46(40)52)42-14-9-15-43(51-42)35-23-25-48-41(29-35)39-13-6-8-17-47(39)53(48)31-32-18-20-33(21-19-32)37-26-27-49-30-44(37)50-36-10-3-2-4-11-36/h2-18,20-30,32,50H,19,31H2,1H3. The second kappa shape index (κ2) is 12.8. The highest BCUT2D eigenvalue weighted by molar-refractivity contribution is 6.10. The van der Waals surface area contributed by atoms with Crippen LogP contribution in [0.2, 0.25) is 0 Å². The Morgan fingerprint density at radius 2 is 1.28 bits per heavy atom. The van der Waals surface area contributed by atoms with E-state index in [9.17, 15) is 0 Å². The number of rotatable bonds is 7. The molecular weight excluding hydrogens is 647 g/mol. The normalized spacial score (nSPS) is 14.4. The minimum Gasteiger partial charge on any atom is -0.354 e. The third-order valence-corrected chi connectivity index (χ3v) is 10.8. The van der Waals surface area contributed by atoms with E-state index in [4.69, 9.17) is 4.98 Å². The molecule has 1 aliphatic rings. The number of pyridine rings is 2. The molecule has 9 aromatic rings.